The van der Waals surface area contributed by atoms with Gasteiger partial charge in [-0.1, -0.05) is 35.9 Å². The smallest absolute Gasteiger partial charge is 0.240 e. The number of halogens is 1. The minimum Gasteiger partial charge on any atom is -0.326 e. The molecule has 0 fully saturated rings. The highest BCUT2D eigenvalue weighted by Gasteiger charge is 2.15. The summed E-state index contributed by atoms with van der Waals surface area (Å²) in [5.41, 5.74) is 1.72. The molecule has 8 heteroatoms. The first-order chi connectivity index (χ1) is 12.3. The standard InChI is InChI=1S/C18H22ClN3O3S/c1-22(2)13-14-6-3-4-9-17(14)21-18(23)10-11-20-26(24,25)16-8-5-7-15(19)12-16/h3-9,12,20H,10-11,13H2,1-2H3,(H,21,23). The maximum absolute atomic E-state index is 12.2. The molecule has 26 heavy (non-hydrogen) atoms. The van der Waals surface area contributed by atoms with E-state index >= 15 is 0 Å². The van der Waals surface area contributed by atoms with Crippen molar-refractivity contribution in [1.29, 1.82) is 0 Å². The van der Waals surface area contributed by atoms with Gasteiger partial charge in [0, 0.05) is 30.2 Å². The third-order valence-corrected chi connectivity index (χ3v) is 5.22. The van der Waals surface area contributed by atoms with Gasteiger partial charge in [0.15, 0.2) is 0 Å². The van der Waals surface area contributed by atoms with E-state index < -0.39 is 10.0 Å². The number of carbonyl (C=O) groups is 1. The highest BCUT2D eigenvalue weighted by Crippen LogP contribution is 2.17. The van der Waals surface area contributed by atoms with Crippen LogP contribution in [0, 0.1) is 0 Å². The fourth-order valence-electron chi connectivity index (χ4n) is 2.35. The largest absolute Gasteiger partial charge is 0.326 e. The second kappa shape index (κ2) is 9.14. The Morgan fingerprint density at radius 1 is 1.12 bits per heavy atom. The zero-order chi connectivity index (χ0) is 19.2. The van der Waals surface area contributed by atoms with Gasteiger partial charge in [-0.25, -0.2) is 13.1 Å². The zero-order valence-electron chi connectivity index (χ0n) is 14.7. The molecule has 0 aliphatic rings. The van der Waals surface area contributed by atoms with E-state index in [4.69, 9.17) is 11.6 Å². The lowest BCUT2D eigenvalue weighted by atomic mass is 10.1. The van der Waals surface area contributed by atoms with Crippen LogP contribution >= 0.6 is 11.6 Å². The van der Waals surface area contributed by atoms with Gasteiger partial charge in [-0.15, -0.1) is 0 Å². The molecule has 0 aromatic heterocycles. The van der Waals surface area contributed by atoms with Crippen molar-refractivity contribution in [2.24, 2.45) is 0 Å². The van der Waals surface area contributed by atoms with Crippen molar-refractivity contribution in [3.05, 3.63) is 59.1 Å². The number of para-hydroxylation sites is 1. The van der Waals surface area contributed by atoms with E-state index in [0.29, 0.717) is 11.6 Å². The number of benzene rings is 2. The summed E-state index contributed by atoms with van der Waals surface area (Å²) < 4.78 is 26.8. The van der Waals surface area contributed by atoms with Gasteiger partial charge in [0.2, 0.25) is 15.9 Å². The third-order valence-electron chi connectivity index (χ3n) is 3.53. The normalized spacial score (nSPS) is 11.5. The summed E-state index contributed by atoms with van der Waals surface area (Å²) in [5.74, 6) is -0.259. The van der Waals surface area contributed by atoms with Crippen LogP contribution < -0.4 is 10.0 Å². The van der Waals surface area contributed by atoms with Gasteiger partial charge in [-0.05, 0) is 43.9 Å². The molecule has 0 bridgehead atoms. The molecular weight excluding hydrogens is 374 g/mol. The van der Waals surface area contributed by atoms with E-state index in [2.05, 4.69) is 10.0 Å². The van der Waals surface area contributed by atoms with Crippen LogP contribution in [-0.4, -0.2) is 39.9 Å². The summed E-state index contributed by atoms with van der Waals surface area (Å²) in [4.78, 5) is 14.2. The molecule has 2 aromatic rings. The molecule has 0 spiro atoms. The molecule has 2 N–H and O–H groups in total. The lowest BCUT2D eigenvalue weighted by Gasteiger charge is -2.15. The Bertz CT molecular complexity index is 869. The van der Waals surface area contributed by atoms with E-state index in [0.717, 1.165) is 11.3 Å². The van der Waals surface area contributed by atoms with Crippen molar-refractivity contribution in [1.82, 2.24) is 9.62 Å². The van der Waals surface area contributed by atoms with Gasteiger partial charge in [-0.3, -0.25) is 4.79 Å². The van der Waals surface area contributed by atoms with Crippen molar-refractivity contribution >= 4 is 33.2 Å². The SMILES string of the molecule is CN(C)Cc1ccccc1NC(=O)CCNS(=O)(=O)c1cccc(Cl)c1. The molecule has 0 saturated carbocycles. The highest BCUT2D eigenvalue weighted by atomic mass is 35.5. The predicted octanol–water partition coefficient (Wildman–Crippen LogP) is 2.71. The van der Waals surface area contributed by atoms with Crippen LogP contribution in [0.15, 0.2) is 53.4 Å². The lowest BCUT2D eigenvalue weighted by Crippen LogP contribution is -2.28. The Balaban J connectivity index is 1.92. The molecule has 1 amide bonds. The molecule has 0 aliphatic carbocycles. The summed E-state index contributed by atoms with van der Waals surface area (Å²) >= 11 is 5.82. The predicted molar refractivity (Wildman–Crippen MR) is 104 cm³/mol. The molecule has 6 nitrogen and oxygen atoms in total. The second-order valence-electron chi connectivity index (χ2n) is 6.05. The van der Waals surface area contributed by atoms with E-state index in [1.54, 1.807) is 12.1 Å². The molecule has 0 unspecified atom stereocenters. The van der Waals surface area contributed by atoms with Crippen molar-refractivity contribution in [3.63, 3.8) is 0 Å². The lowest BCUT2D eigenvalue weighted by molar-refractivity contribution is -0.116. The Kier molecular flexibility index (Phi) is 7.16. The molecule has 2 rings (SSSR count). The van der Waals surface area contributed by atoms with E-state index in [-0.39, 0.29) is 23.8 Å². The van der Waals surface area contributed by atoms with E-state index in [9.17, 15) is 13.2 Å². The topological polar surface area (TPSA) is 78.5 Å². The average molecular weight is 396 g/mol. The van der Waals surface area contributed by atoms with E-state index in [1.165, 1.54) is 12.1 Å². The Hall–Kier alpha value is -1.93. The van der Waals surface area contributed by atoms with Crippen molar-refractivity contribution in [3.8, 4) is 0 Å². The quantitative estimate of drug-likeness (QED) is 0.720. The number of hydrogen-bond acceptors (Lipinski definition) is 4. The van der Waals surface area contributed by atoms with Crippen LogP contribution in [-0.2, 0) is 21.4 Å². The molecule has 0 atom stereocenters. The van der Waals surface area contributed by atoms with Gasteiger partial charge in [0.1, 0.15) is 0 Å². The first-order valence-electron chi connectivity index (χ1n) is 8.05. The molecule has 0 saturated heterocycles. The van der Waals surface area contributed by atoms with Crippen molar-refractivity contribution in [2.45, 2.75) is 17.9 Å². The first-order valence-corrected chi connectivity index (χ1v) is 9.92. The molecular formula is C18H22ClN3O3S. The number of nitrogens with one attached hydrogen (secondary N) is 2. The van der Waals surface area contributed by atoms with Crippen molar-refractivity contribution < 1.29 is 13.2 Å². The van der Waals surface area contributed by atoms with Crippen LogP contribution in [0.3, 0.4) is 0 Å². The van der Waals surface area contributed by atoms with Crippen LogP contribution in [0.25, 0.3) is 0 Å². The minimum atomic E-state index is -3.70. The van der Waals surface area contributed by atoms with Gasteiger partial charge in [0.05, 0.1) is 4.90 Å². The number of nitrogens with zero attached hydrogens (tertiary/aromatic N) is 1. The second-order valence-corrected chi connectivity index (χ2v) is 8.25. The van der Waals surface area contributed by atoms with Crippen LogP contribution in [0.5, 0.6) is 0 Å². The summed E-state index contributed by atoms with van der Waals surface area (Å²) in [6.45, 7) is 0.689. The molecule has 0 heterocycles. The monoisotopic (exact) mass is 395 g/mol. The van der Waals surface area contributed by atoms with Crippen molar-refractivity contribution in [2.75, 3.05) is 26.0 Å². The zero-order valence-corrected chi connectivity index (χ0v) is 16.3. The number of rotatable bonds is 8. The molecule has 2 aromatic carbocycles. The third kappa shape index (κ3) is 6.10. The number of sulfonamides is 1. The Morgan fingerprint density at radius 2 is 1.85 bits per heavy atom. The minimum absolute atomic E-state index is 0.00344. The fraction of sp³-hybridized carbons (Fsp3) is 0.278. The number of amides is 1. The van der Waals surface area contributed by atoms with E-state index in [1.807, 2.05) is 43.3 Å². The first kappa shape index (κ1) is 20.4. The Morgan fingerprint density at radius 3 is 2.54 bits per heavy atom. The van der Waals surface area contributed by atoms with Gasteiger partial charge >= 0.3 is 0 Å². The van der Waals surface area contributed by atoms with Gasteiger partial charge in [-0.2, -0.15) is 0 Å². The fourth-order valence-corrected chi connectivity index (χ4v) is 3.68. The summed E-state index contributed by atoms with van der Waals surface area (Å²) in [6, 6.07) is 13.5. The van der Waals surface area contributed by atoms with Crippen LogP contribution in [0.4, 0.5) is 5.69 Å². The molecule has 140 valence electrons. The maximum atomic E-state index is 12.2. The average Bonchev–Trinajstić information content (AvgIpc) is 2.56. The van der Waals surface area contributed by atoms with Crippen LogP contribution in [0.2, 0.25) is 5.02 Å². The summed E-state index contributed by atoms with van der Waals surface area (Å²) in [6.07, 6.45) is 0.0239. The molecule has 0 radical (unpaired) electrons. The molecule has 0 aliphatic heterocycles. The maximum Gasteiger partial charge on any atom is 0.240 e. The van der Waals surface area contributed by atoms with Gasteiger partial charge in [0.25, 0.3) is 0 Å². The number of carbonyl (C=O) groups excluding carboxylic acids is 1. The van der Waals surface area contributed by atoms with Crippen LogP contribution in [0.1, 0.15) is 12.0 Å². The number of anilines is 1. The summed E-state index contributed by atoms with van der Waals surface area (Å²) in [5, 5.41) is 3.17. The highest BCUT2D eigenvalue weighted by molar-refractivity contribution is 7.89. The van der Waals surface area contributed by atoms with Gasteiger partial charge < -0.3 is 10.2 Å². The summed E-state index contributed by atoms with van der Waals surface area (Å²) in [7, 11) is 0.199. The Labute approximate surface area is 159 Å². The number of hydrogen-bond donors (Lipinski definition) is 2.